The number of thioether (sulfide) groups is 1. The minimum Gasteiger partial charge on any atom is -0.497 e. The van der Waals surface area contributed by atoms with Crippen LogP contribution in [0.25, 0.3) is 0 Å². The van der Waals surface area contributed by atoms with Crippen molar-refractivity contribution in [2.24, 2.45) is 4.99 Å². The Bertz CT molecular complexity index is 756. The molecule has 2 aliphatic heterocycles. The van der Waals surface area contributed by atoms with Crippen LogP contribution < -0.4 is 15.4 Å². The third-order valence-corrected chi connectivity index (χ3v) is 5.48. The number of hydrogen-bond donors (Lipinski definition) is 2. The van der Waals surface area contributed by atoms with Crippen LogP contribution in [0.1, 0.15) is 37.7 Å². The Hall–Kier alpha value is -2.28. The number of rotatable bonds is 5. The first-order valence-electron chi connectivity index (χ1n) is 8.79. The second kappa shape index (κ2) is 8.40. The topological polar surface area (TPSA) is 79.8 Å². The fourth-order valence-corrected chi connectivity index (χ4v) is 4.01. The van der Waals surface area contributed by atoms with Crippen LogP contribution in [0.3, 0.4) is 0 Å². The molecule has 2 N–H and O–H groups in total. The number of methoxy groups -OCH3 is 1. The summed E-state index contributed by atoms with van der Waals surface area (Å²) in [6.07, 6.45) is 2.42. The van der Waals surface area contributed by atoms with Crippen molar-refractivity contribution in [3.8, 4) is 5.75 Å². The zero-order valence-corrected chi connectivity index (χ0v) is 15.8. The first-order chi connectivity index (χ1) is 12.6. The van der Waals surface area contributed by atoms with E-state index in [0.29, 0.717) is 17.9 Å². The number of ether oxygens (including phenoxy) is 1. The summed E-state index contributed by atoms with van der Waals surface area (Å²) in [7, 11) is 1.61. The van der Waals surface area contributed by atoms with E-state index < -0.39 is 0 Å². The van der Waals surface area contributed by atoms with Gasteiger partial charge >= 0.3 is 0 Å². The third-order valence-electron chi connectivity index (χ3n) is 4.42. The van der Waals surface area contributed by atoms with E-state index in [-0.39, 0.29) is 24.2 Å². The number of benzene rings is 1. The summed E-state index contributed by atoms with van der Waals surface area (Å²) in [6, 6.07) is 7.47. The van der Waals surface area contributed by atoms with Crippen molar-refractivity contribution in [3.05, 3.63) is 41.2 Å². The van der Waals surface area contributed by atoms with E-state index >= 15 is 0 Å². The van der Waals surface area contributed by atoms with Gasteiger partial charge in [-0.3, -0.25) is 9.59 Å². The van der Waals surface area contributed by atoms with Crippen molar-refractivity contribution in [3.63, 3.8) is 0 Å². The molecule has 0 spiro atoms. The van der Waals surface area contributed by atoms with Gasteiger partial charge in [-0.2, -0.15) is 0 Å². The van der Waals surface area contributed by atoms with Crippen LogP contribution in [-0.2, 0) is 9.59 Å². The SMILES string of the molecule is CCCCSC1=NC2=C(C(=O)NC1)C(c1ccc(OC)cc1)CC(=O)N2. The van der Waals surface area contributed by atoms with Crippen molar-refractivity contribution in [2.45, 2.75) is 32.1 Å². The van der Waals surface area contributed by atoms with Crippen molar-refractivity contribution in [1.29, 1.82) is 0 Å². The Kier molecular flexibility index (Phi) is 5.98. The van der Waals surface area contributed by atoms with Crippen molar-refractivity contribution < 1.29 is 14.3 Å². The zero-order chi connectivity index (χ0) is 18.5. The number of carbonyl (C=O) groups excluding carboxylic acids is 2. The Balaban J connectivity index is 1.94. The van der Waals surface area contributed by atoms with Gasteiger partial charge in [0.05, 0.1) is 24.3 Å². The van der Waals surface area contributed by atoms with Gasteiger partial charge in [-0.05, 0) is 29.9 Å². The first-order valence-corrected chi connectivity index (χ1v) is 9.77. The molecule has 1 unspecified atom stereocenters. The van der Waals surface area contributed by atoms with Gasteiger partial charge in [-0.15, -0.1) is 11.8 Å². The van der Waals surface area contributed by atoms with E-state index in [1.807, 2.05) is 24.3 Å². The largest absolute Gasteiger partial charge is 0.497 e. The standard InChI is InChI=1S/C19H23N3O3S/c1-3-4-9-26-16-11-20-19(24)17-14(10-15(23)21-18(17)22-16)12-5-7-13(25-2)8-6-12/h5-8,14H,3-4,9-11H2,1-2H3,(H,20,24)(H,21,23). The summed E-state index contributed by atoms with van der Waals surface area (Å²) in [5.41, 5.74) is 1.43. The Morgan fingerprint density at radius 3 is 2.73 bits per heavy atom. The quantitative estimate of drug-likeness (QED) is 0.778. The zero-order valence-electron chi connectivity index (χ0n) is 15.0. The van der Waals surface area contributed by atoms with Gasteiger partial charge in [0.2, 0.25) is 5.91 Å². The molecule has 0 aromatic heterocycles. The van der Waals surface area contributed by atoms with Gasteiger partial charge in [0.15, 0.2) is 0 Å². The highest BCUT2D eigenvalue weighted by Gasteiger charge is 2.35. The molecule has 0 aliphatic carbocycles. The van der Waals surface area contributed by atoms with Gasteiger partial charge in [-0.25, -0.2) is 4.99 Å². The molecule has 3 rings (SSSR count). The Labute approximate surface area is 157 Å². The second-order valence-electron chi connectivity index (χ2n) is 6.23. The smallest absolute Gasteiger partial charge is 0.251 e. The average Bonchev–Trinajstić information content (AvgIpc) is 2.80. The van der Waals surface area contributed by atoms with E-state index in [4.69, 9.17) is 4.74 Å². The molecule has 6 nitrogen and oxygen atoms in total. The number of hydrogen-bond acceptors (Lipinski definition) is 5. The third kappa shape index (κ3) is 4.09. The summed E-state index contributed by atoms with van der Waals surface area (Å²) in [5.74, 6) is 1.46. The molecule has 1 aromatic carbocycles. The molecule has 138 valence electrons. The maximum atomic E-state index is 12.7. The number of unbranched alkanes of at least 4 members (excludes halogenated alkanes) is 1. The molecule has 26 heavy (non-hydrogen) atoms. The number of amides is 2. The fraction of sp³-hybridized carbons (Fsp3) is 0.421. The molecule has 0 radical (unpaired) electrons. The summed E-state index contributed by atoms with van der Waals surface area (Å²) < 4.78 is 5.19. The molecule has 2 heterocycles. The molecule has 0 saturated heterocycles. The van der Waals surface area contributed by atoms with Crippen LogP contribution in [0.2, 0.25) is 0 Å². The highest BCUT2D eigenvalue weighted by Crippen LogP contribution is 2.35. The molecule has 2 amide bonds. The van der Waals surface area contributed by atoms with Gasteiger partial charge in [0, 0.05) is 12.3 Å². The van der Waals surface area contributed by atoms with Gasteiger partial charge in [-0.1, -0.05) is 25.5 Å². The van der Waals surface area contributed by atoms with E-state index in [1.54, 1.807) is 18.9 Å². The van der Waals surface area contributed by atoms with Crippen LogP contribution in [0.5, 0.6) is 5.75 Å². The van der Waals surface area contributed by atoms with E-state index in [2.05, 4.69) is 22.5 Å². The molecule has 0 fully saturated rings. The van der Waals surface area contributed by atoms with Gasteiger partial charge in [0.1, 0.15) is 11.6 Å². The molecular formula is C19H23N3O3S. The number of nitrogens with zero attached hydrogens (tertiary/aromatic N) is 1. The summed E-state index contributed by atoms with van der Waals surface area (Å²) >= 11 is 1.63. The monoisotopic (exact) mass is 373 g/mol. The maximum Gasteiger partial charge on any atom is 0.251 e. The predicted molar refractivity (Wildman–Crippen MR) is 103 cm³/mol. The molecule has 1 aromatic rings. The lowest BCUT2D eigenvalue weighted by molar-refractivity contribution is -0.121. The average molecular weight is 373 g/mol. The molecular weight excluding hydrogens is 350 g/mol. The Morgan fingerprint density at radius 1 is 1.27 bits per heavy atom. The van der Waals surface area contributed by atoms with Crippen molar-refractivity contribution >= 4 is 28.6 Å². The lowest BCUT2D eigenvalue weighted by Crippen LogP contribution is -2.37. The first kappa shape index (κ1) is 18.5. The molecule has 0 bridgehead atoms. The molecule has 7 heteroatoms. The minimum atomic E-state index is -0.312. The van der Waals surface area contributed by atoms with Crippen molar-refractivity contribution in [2.75, 3.05) is 19.4 Å². The molecule has 1 atom stereocenters. The lowest BCUT2D eigenvalue weighted by atomic mass is 9.85. The summed E-state index contributed by atoms with van der Waals surface area (Å²) in [4.78, 5) is 29.5. The fourth-order valence-electron chi connectivity index (χ4n) is 3.01. The summed E-state index contributed by atoms with van der Waals surface area (Å²) in [6.45, 7) is 2.53. The van der Waals surface area contributed by atoms with E-state index in [1.165, 1.54) is 0 Å². The summed E-state index contributed by atoms with van der Waals surface area (Å²) in [5, 5.41) is 6.55. The number of nitrogens with one attached hydrogen (secondary N) is 2. The van der Waals surface area contributed by atoms with Crippen LogP contribution in [0, 0.1) is 0 Å². The Morgan fingerprint density at radius 2 is 2.04 bits per heavy atom. The number of carbonyl (C=O) groups is 2. The van der Waals surface area contributed by atoms with Crippen LogP contribution in [0.15, 0.2) is 40.7 Å². The van der Waals surface area contributed by atoms with E-state index in [9.17, 15) is 9.59 Å². The van der Waals surface area contributed by atoms with Crippen molar-refractivity contribution in [1.82, 2.24) is 10.6 Å². The highest BCUT2D eigenvalue weighted by molar-refractivity contribution is 8.14. The predicted octanol–water partition coefficient (Wildman–Crippen LogP) is 2.57. The van der Waals surface area contributed by atoms with Crippen LogP contribution in [0.4, 0.5) is 0 Å². The van der Waals surface area contributed by atoms with Gasteiger partial charge < -0.3 is 15.4 Å². The normalized spacial score (nSPS) is 19.9. The second-order valence-corrected chi connectivity index (χ2v) is 7.40. The van der Waals surface area contributed by atoms with Gasteiger partial charge in [0.25, 0.3) is 5.91 Å². The maximum absolute atomic E-state index is 12.7. The van der Waals surface area contributed by atoms with E-state index in [0.717, 1.165) is 35.0 Å². The van der Waals surface area contributed by atoms with Crippen LogP contribution in [-0.4, -0.2) is 36.3 Å². The molecule has 0 saturated carbocycles. The number of aliphatic imine (C=N–C) groups is 1. The molecule has 2 aliphatic rings. The highest BCUT2D eigenvalue weighted by atomic mass is 32.2. The minimum absolute atomic E-state index is 0.124. The lowest BCUT2D eigenvalue weighted by Gasteiger charge is -2.25. The van der Waals surface area contributed by atoms with Crippen LogP contribution >= 0.6 is 11.8 Å².